The number of anilines is 1. The highest BCUT2D eigenvalue weighted by Gasteiger charge is 2.16. The molecule has 0 spiro atoms. The first-order valence-electron chi connectivity index (χ1n) is 6.43. The van der Waals surface area contributed by atoms with E-state index in [-0.39, 0.29) is 6.54 Å². The molecule has 6 heteroatoms. The van der Waals surface area contributed by atoms with E-state index in [1.165, 1.54) is 11.3 Å². The molecular weight excluding hydrogens is 288 g/mol. The van der Waals surface area contributed by atoms with Crippen LogP contribution in [0.4, 0.5) is 5.69 Å². The maximum atomic E-state index is 11.7. The molecule has 3 N–H and O–H groups in total. The molecule has 0 fully saturated rings. The van der Waals surface area contributed by atoms with Crippen molar-refractivity contribution in [3.05, 3.63) is 52.2 Å². The third-order valence-electron chi connectivity index (χ3n) is 2.84. The number of thiophene rings is 1. The molecule has 0 saturated carbocycles. The average Bonchev–Trinajstić information content (AvgIpc) is 3.01. The van der Waals surface area contributed by atoms with E-state index in [9.17, 15) is 14.7 Å². The lowest BCUT2D eigenvalue weighted by molar-refractivity contribution is -0.136. The van der Waals surface area contributed by atoms with Gasteiger partial charge in [0.25, 0.3) is 0 Å². The van der Waals surface area contributed by atoms with Gasteiger partial charge in [-0.1, -0.05) is 23.8 Å². The molecule has 2 aromatic rings. The fourth-order valence-corrected chi connectivity index (χ4v) is 2.39. The van der Waals surface area contributed by atoms with E-state index in [1.807, 2.05) is 30.5 Å². The summed E-state index contributed by atoms with van der Waals surface area (Å²) in [5.74, 6) is -1.52. The van der Waals surface area contributed by atoms with E-state index in [0.717, 1.165) is 10.4 Å². The molecule has 2 amide bonds. The summed E-state index contributed by atoms with van der Waals surface area (Å²) < 4.78 is 0. The van der Waals surface area contributed by atoms with Crippen LogP contribution in [0.15, 0.2) is 41.8 Å². The first-order chi connectivity index (χ1) is 10.1. The van der Waals surface area contributed by atoms with Gasteiger partial charge in [-0.25, -0.2) is 0 Å². The number of rotatable bonds is 4. The molecule has 1 aromatic heterocycles. The Morgan fingerprint density at radius 3 is 2.52 bits per heavy atom. The largest absolute Gasteiger partial charge is 0.386 e. The molecular formula is C15H16N2O3S. The van der Waals surface area contributed by atoms with Crippen LogP contribution in [0.5, 0.6) is 0 Å². The molecule has 5 nitrogen and oxygen atoms in total. The van der Waals surface area contributed by atoms with Gasteiger partial charge in [0.1, 0.15) is 6.10 Å². The SMILES string of the molecule is Cc1ccc(NC(=O)C(=O)NCC(O)c2cccs2)cc1. The zero-order valence-electron chi connectivity index (χ0n) is 11.5. The highest BCUT2D eigenvalue weighted by Crippen LogP contribution is 2.17. The normalized spacial score (nSPS) is 11.7. The number of amides is 2. The number of nitrogens with one attached hydrogen (secondary N) is 2. The van der Waals surface area contributed by atoms with Crippen molar-refractivity contribution in [2.45, 2.75) is 13.0 Å². The number of benzene rings is 1. The summed E-state index contributed by atoms with van der Waals surface area (Å²) in [4.78, 5) is 24.1. The predicted molar refractivity (Wildman–Crippen MR) is 82.1 cm³/mol. The van der Waals surface area contributed by atoms with Crippen LogP contribution in [0.2, 0.25) is 0 Å². The highest BCUT2D eigenvalue weighted by molar-refractivity contribution is 7.10. The van der Waals surface area contributed by atoms with Crippen molar-refractivity contribution in [1.29, 1.82) is 0 Å². The molecule has 21 heavy (non-hydrogen) atoms. The number of carbonyl (C=O) groups excluding carboxylic acids is 2. The van der Waals surface area contributed by atoms with Gasteiger partial charge in [0.15, 0.2) is 0 Å². The maximum Gasteiger partial charge on any atom is 0.313 e. The summed E-state index contributed by atoms with van der Waals surface area (Å²) in [5.41, 5.74) is 1.62. The van der Waals surface area contributed by atoms with Gasteiger partial charge in [0, 0.05) is 17.1 Å². The van der Waals surface area contributed by atoms with Crippen LogP contribution in [0.25, 0.3) is 0 Å². The predicted octanol–water partition coefficient (Wildman–Crippen LogP) is 1.84. The van der Waals surface area contributed by atoms with Gasteiger partial charge in [-0.3, -0.25) is 9.59 Å². The van der Waals surface area contributed by atoms with Crippen LogP contribution in [0.3, 0.4) is 0 Å². The van der Waals surface area contributed by atoms with Crippen molar-refractivity contribution in [2.24, 2.45) is 0 Å². The Morgan fingerprint density at radius 2 is 1.90 bits per heavy atom. The molecule has 1 heterocycles. The Balaban J connectivity index is 1.82. The van der Waals surface area contributed by atoms with Crippen LogP contribution >= 0.6 is 11.3 Å². The van der Waals surface area contributed by atoms with Crippen LogP contribution in [0.1, 0.15) is 16.5 Å². The highest BCUT2D eigenvalue weighted by atomic mass is 32.1. The van der Waals surface area contributed by atoms with Gasteiger partial charge in [0.05, 0.1) is 0 Å². The molecule has 0 saturated heterocycles. The van der Waals surface area contributed by atoms with Gasteiger partial charge >= 0.3 is 11.8 Å². The summed E-state index contributed by atoms with van der Waals surface area (Å²) in [6.07, 6.45) is -0.805. The summed E-state index contributed by atoms with van der Waals surface area (Å²) in [7, 11) is 0. The maximum absolute atomic E-state index is 11.7. The number of hydrogen-bond acceptors (Lipinski definition) is 4. The fraction of sp³-hybridized carbons (Fsp3) is 0.200. The average molecular weight is 304 g/mol. The molecule has 0 aliphatic rings. The van der Waals surface area contributed by atoms with Crippen LogP contribution in [-0.4, -0.2) is 23.5 Å². The van der Waals surface area contributed by atoms with Gasteiger partial charge in [0.2, 0.25) is 0 Å². The van der Waals surface area contributed by atoms with Crippen LogP contribution in [-0.2, 0) is 9.59 Å². The topological polar surface area (TPSA) is 78.4 Å². The van der Waals surface area contributed by atoms with E-state index >= 15 is 0 Å². The minimum absolute atomic E-state index is 0.000659. The molecule has 1 atom stereocenters. The second-order valence-corrected chi connectivity index (χ2v) is 5.54. The van der Waals surface area contributed by atoms with E-state index in [1.54, 1.807) is 18.2 Å². The molecule has 0 radical (unpaired) electrons. The summed E-state index contributed by atoms with van der Waals surface area (Å²) >= 11 is 1.39. The standard InChI is InChI=1S/C15H16N2O3S/c1-10-4-6-11(7-5-10)17-15(20)14(19)16-9-12(18)13-3-2-8-21-13/h2-8,12,18H,9H2,1H3,(H,16,19)(H,17,20). The van der Waals surface area contributed by atoms with Gasteiger partial charge in [-0.05, 0) is 30.5 Å². The summed E-state index contributed by atoms with van der Waals surface area (Å²) in [5, 5.41) is 16.6. The van der Waals surface area contributed by atoms with Crippen molar-refractivity contribution >= 4 is 28.8 Å². The third kappa shape index (κ3) is 4.40. The van der Waals surface area contributed by atoms with Gasteiger partial charge < -0.3 is 15.7 Å². The monoisotopic (exact) mass is 304 g/mol. The zero-order valence-corrected chi connectivity index (χ0v) is 12.3. The quantitative estimate of drug-likeness (QED) is 0.754. The Kier molecular flexibility index (Phi) is 5.08. The van der Waals surface area contributed by atoms with E-state index in [0.29, 0.717) is 5.69 Å². The Labute approximate surface area is 126 Å². The van der Waals surface area contributed by atoms with E-state index < -0.39 is 17.9 Å². The lowest BCUT2D eigenvalue weighted by atomic mass is 10.2. The molecule has 110 valence electrons. The number of hydrogen-bond donors (Lipinski definition) is 3. The smallest absolute Gasteiger partial charge is 0.313 e. The number of carbonyl (C=O) groups is 2. The first kappa shape index (κ1) is 15.2. The Morgan fingerprint density at radius 1 is 1.19 bits per heavy atom. The molecule has 0 aliphatic carbocycles. The second kappa shape index (κ2) is 7.01. The van der Waals surface area contributed by atoms with Crippen molar-refractivity contribution < 1.29 is 14.7 Å². The molecule has 2 rings (SSSR count). The minimum atomic E-state index is -0.805. The number of aliphatic hydroxyl groups is 1. The second-order valence-electron chi connectivity index (χ2n) is 4.56. The molecule has 0 aliphatic heterocycles. The Bertz CT molecular complexity index is 608. The summed E-state index contributed by atoms with van der Waals surface area (Å²) in [6, 6.07) is 10.7. The lowest BCUT2D eigenvalue weighted by Gasteiger charge is -2.10. The molecule has 1 aromatic carbocycles. The van der Waals surface area contributed by atoms with Crippen LogP contribution in [0, 0.1) is 6.92 Å². The van der Waals surface area contributed by atoms with E-state index in [2.05, 4.69) is 10.6 Å². The van der Waals surface area contributed by atoms with Gasteiger partial charge in [-0.15, -0.1) is 11.3 Å². The lowest BCUT2D eigenvalue weighted by Crippen LogP contribution is -2.37. The number of aliphatic hydroxyl groups excluding tert-OH is 1. The Hall–Kier alpha value is -2.18. The minimum Gasteiger partial charge on any atom is -0.386 e. The zero-order chi connectivity index (χ0) is 15.2. The molecule has 1 unspecified atom stereocenters. The van der Waals surface area contributed by atoms with Crippen molar-refractivity contribution in [3.63, 3.8) is 0 Å². The third-order valence-corrected chi connectivity index (χ3v) is 3.82. The fourth-order valence-electron chi connectivity index (χ4n) is 1.68. The van der Waals surface area contributed by atoms with Crippen molar-refractivity contribution in [1.82, 2.24) is 5.32 Å². The van der Waals surface area contributed by atoms with Crippen molar-refractivity contribution in [3.8, 4) is 0 Å². The van der Waals surface area contributed by atoms with Crippen molar-refractivity contribution in [2.75, 3.05) is 11.9 Å². The van der Waals surface area contributed by atoms with Crippen LogP contribution < -0.4 is 10.6 Å². The first-order valence-corrected chi connectivity index (χ1v) is 7.31. The summed E-state index contributed by atoms with van der Waals surface area (Å²) in [6.45, 7) is 1.94. The number of aryl methyl sites for hydroxylation is 1. The molecule has 0 bridgehead atoms. The van der Waals surface area contributed by atoms with Gasteiger partial charge in [-0.2, -0.15) is 0 Å². The van der Waals surface area contributed by atoms with E-state index in [4.69, 9.17) is 0 Å².